The smallest absolute Gasteiger partial charge is 0.332 e. The molecule has 4 nitrogen and oxygen atoms in total. The first-order chi connectivity index (χ1) is 8.63. The summed E-state index contributed by atoms with van der Waals surface area (Å²) in [5, 5.41) is 0. The fourth-order valence-corrected chi connectivity index (χ4v) is 1.49. The van der Waals surface area contributed by atoms with Gasteiger partial charge in [-0.1, -0.05) is 17.7 Å². The fourth-order valence-electron chi connectivity index (χ4n) is 1.49. The van der Waals surface area contributed by atoms with Gasteiger partial charge in [0, 0.05) is 19.3 Å². The number of anilines is 1. The SMILES string of the molecule is CCOC(=O)COCCN(C)c1ccc(C)cc1. The van der Waals surface area contributed by atoms with E-state index in [1.165, 1.54) is 5.56 Å². The van der Waals surface area contributed by atoms with E-state index in [1.807, 2.05) is 7.05 Å². The number of carbonyl (C=O) groups excluding carboxylic acids is 1. The number of benzene rings is 1. The summed E-state index contributed by atoms with van der Waals surface area (Å²) in [6.45, 7) is 5.50. The molecule has 0 amide bonds. The van der Waals surface area contributed by atoms with Crippen LogP contribution in [0.25, 0.3) is 0 Å². The van der Waals surface area contributed by atoms with Crippen molar-refractivity contribution in [3.05, 3.63) is 29.8 Å². The Labute approximate surface area is 108 Å². The second-order valence-corrected chi connectivity index (χ2v) is 4.11. The largest absolute Gasteiger partial charge is 0.464 e. The van der Waals surface area contributed by atoms with Gasteiger partial charge in [-0.05, 0) is 26.0 Å². The van der Waals surface area contributed by atoms with Gasteiger partial charge >= 0.3 is 5.97 Å². The molecule has 1 rings (SSSR count). The van der Waals surface area contributed by atoms with Gasteiger partial charge in [0.25, 0.3) is 0 Å². The summed E-state index contributed by atoms with van der Waals surface area (Å²) in [5.74, 6) is -0.310. The van der Waals surface area contributed by atoms with Gasteiger partial charge in [0.05, 0.1) is 13.2 Å². The van der Waals surface area contributed by atoms with Crippen molar-refractivity contribution in [2.45, 2.75) is 13.8 Å². The molecule has 0 radical (unpaired) electrons. The molecule has 0 saturated carbocycles. The van der Waals surface area contributed by atoms with Crippen LogP contribution >= 0.6 is 0 Å². The summed E-state index contributed by atoms with van der Waals surface area (Å²) in [4.78, 5) is 13.1. The third-order valence-electron chi connectivity index (χ3n) is 2.57. The Morgan fingerprint density at radius 1 is 1.28 bits per heavy atom. The predicted octanol–water partition coefficient (Wildman–Crippen LogP) is 2.01. The number of hydrogen-bond donors (Lipinski definition) is 0. The van der Waals surface area contributed by atoms with Gasteiger partial charge in [0.1, 0.15) is 6.61 Å². The zero-order chi connectivity index (χ0) is 13.4. The van der Waals surface area contributed by atoms with E-state index in [9.17, 15) is 4.79 Å². The quantitative estimate of drug-likeness (QED) is 0.549. The van der Waals surface area contributed by atoms with Crippen molar-refractivity contribution in [2.75, 3.05) is 38.3 Å². The molecule has 0 aliphatic rings. The van der Waals surface area contributed by atoms with Crippen molar-refractivity contribution in [1.29, 1.82) is 0 Å². The number of rotatable bonds is 7. The van der Waals surface area contributed by atoms with Crippen molar-refractivity contribution in [2.24, 2.45) is 0 Å². The average Bonchev–Trinajstić information content (AvgIpc) is 2.35. The third kappa shape index (κ3) is 5.19. The summed E-state index contributed by atoms with van der Waals surface area (Å²) < 4.78 is 10.0. The van der Waals surface area contributed by atoms with Gasteiger partial charge in [-0.2, -0.15) is 0 Å². The van der Waals surface area contributed by atoms with Crippen LogP contribution in [0, 0.1) is 6.92 Å². The number of esters is 1. The highest BCUT2D eigenvalue weighted by Gasteiger charge is 2.03. The molecule has 18 heavy (non-hydrogen) atoms. The Morgan fingerprint density at radius 3 is 2.56 bits per heavy atom. The molecule has 0 heterocycles. The Balaban J connectivity index is 2.23. The van der Waals surface area contributed by atoms with E-state index in [2.05, 4.69) is 36.1 Å². The highest BCUT2D eigenvalue weighted by Crippen LogP contribution is 2.12. The number of likely N-dealkylation sites (N-methyl/N-ethyl adjacent to an activating group) is 1. The van der Waals surface area contributed by atoms with Crippen LogP contribution in [-0.2, 0) is 14.3 Å². The molecular weight excluding hydrogens is 230 g/mol. The number of hydrogen-bond acceptors (Lipinski definition) is 4. The molecule has 0 aromatic heterocycles. The summed E-state index contributed by atoms with van der Waals surface area (Å²) in [6, 6.07) is 8.29. The second kappa shape index (κ2) is 7.71. The number of ether oxygens (including phenoxy) is 2. The fraction of sp³-hybridized carbons (Fsp3) is 0.500. The molecule has 0 unspecified atom stereocenters. The Kier molecular flexibility index (Phi) is 6.22. The van der Waals surface area contributed by atoms with Crippen LogP contribution in [-0.4, -0.2) is 39.4 Å². The molecule has 0 bridgehead atoms. The van der Waals surface area contributed by atoms with Gasteiger partial charge in [0.15, 0.2) is 0 Å². The van der Waals surface area contributed by atoms with Crippen molar-refractivity contribution >= 4 is 11.7 Å². The lowest BCUT2D eigenvalue weighted by Gasteiger charge is -2.19. The van der Waals surface area contributed by atoms with E-state index in [4.69, 9.17) is 9.47 Å². The van der Waals surface area contributed by atoms with Crippen LogP contribution in [0.15, 0.2) is 24.3 Å². The first-order valence-corrected chi connectivity index (χ1v) is 6.14. The molecule has 0 aliphatic heterocycles. The number of carbonyl (C=O) groups is 1. The normalized spacial score (nSPS) is 10.2. The second-order valence-electron chi connectivity index (χ2n) is 4.11. The molecular formula is C14H21NO3. The van der Waals surface area contributed by atoms with E-state index in [-0.39, 0.29) is 12.6 Å². The van der Waals surface area contributed by atoms with E-state index in [0.29, 0.717) is 13.2 Å². The van der Waals surface area contributed by atoms with Gasteiger partial charge < -0.3 is 14.4 Å². The lowest BCUT2D eigenvalue weighted by atomic mass is 10.2. The predicted molar refractivity (Wildman–Crippen MR) is 71.9 cm³/mol. The summed E-state index contributed by atoms with van der Waals surface area (Å²) in [6.07, 6.45) is 0. The summed E-state index contributed by atoms with van der Waals surface area (Å²) >= 11 is 0. The van der Waals surface area contributed by atoms with E-state index in [1.54, 1.807) is 6.92 Å². The van der Waals surface area contributed by atoms with Crippen molar-refractivity contribution < 1.29 is 14.3 Å². The molecule has 4 heteroatoms. The first kappa shape index (κ1) is 14.5. The van der Waals surface area contributed by atoms with E-state index >= 15 is 0 Å². The summed E-state index contributed by atoms with van der Waals surface area (Å²) in [7, 11) is 2.00. The highest BCUT2D eigenvalue weighted by molar-refractivity contribution is 5.70. The van der Waals surface area contributed by atoms with Gasteiger partial charge in [-0.3, -0.25) is 0 Å². The maximum Gasteiger partial charge on any atom is 0.332 e. The third-order valence-corrected chi connectivity index (χ3v) is 2.57. The molecule has 0 N–H and O–H groups in total. The minimum atomic E-state index is -0.310. The van der Waals surface area contributed by atoms with Crippen molar-refractivity contribution in [1.82, 2.24) is 0 Å². The molecule has 0 atom stereocenters. The zero-order valence-electron chi connectivity index (χ0n) is 11.3. The molecule has 0 fully saturated rings. The minimum Gasteiger partial charge on any atom is -0.464 e. The van der Waals surface area contributed by atoms with E-state index in [0.717, 1.165) is 12.2 Å². The molecule has 1 aromatic rings. The van der Waals surface area contributed by atoms with Crippen LogP contribution in [0.1, 0.15) is 12.5 Å². The monoisotopic (exact) mass is 251 g/mol. The van der Waals surface area contributed by atoms with Crippen LogP contribution in [0.3, 0.4) is 0 Å². The first-order valence-electron chi connectivity index (χ1n) is 6.14. The zero-order valence-corrected chi connectivity index (χ0v) is 11.3. The van der Waals surface area contributed by atoms with Crippen LogP contribution < -0.4 is 4.90 Å². The Morgan fingerprint density at radius 2 is 1.94 bits per heavy atom. The maximum atomic E-state index is 11.0. The summed E-state index contributed by atoms with van der Waals surface area (Å²) in [5.41, 5.74) is 2.38. The molecule has 100 valence electrons. The lowest BCUT2D eigenvalue weighted by molar-refractivity contribution is -0.148. The van der Waals surface area contributed by atoms with Gasteiger partial charge in [-0.25, -0.2) is 4.79 Å². The Hall–Kier alpha value is -1.55. The standard InChI is InChI=1S/C14H21NO3/c1-4-18-14(16)11-17-10-9-15(3)13-7-5-12(2)6-8-13/h5-8H,4,9-11H2,1-3H3. The van der Waals surface area contributed by atoms with E-state index < -0.39 is 0 Å². The molecule has 1 aromatic carbocycles. The highest BCUT2D eigenvalue weighted by atomic mass is 16.6. The van der Waals surface area contributed by atoms with Crippen LogP contribution in [0.5, 0.6) is 0 Å². The number of nitrogens with zero attached hydrogens (tertiary/aromatic N) is 1. The van der Waals surface area contributed by atoms with Gasteiger partial charge in [-0.15, -0.1) is 0 Å². The van der Waals surface area contributed by atoms with Crippen molar-refractivity contribution in [3.63, 3.8) is 0 Å². The maximum absolute atomic E-state index is 11.0. The molecule has 0 saturated heterocycles. The molecule has 0 aliphatic carbocycles. The van der Waals surface area contributed by atoms with Gasteiger partial charge in [0.2, 0.25) is 0 Å². The topological polar surface area (TPSA) is 38.8 Å². The van der Waals surface area contributed by atoms with Crippen molar-refractivity contribution in [3.8, 4) is 0 Å². The average molecular weight is 251 g/mol. The minimum absolute atomic E-state index is 0.0234. The Bertz CT molecular complexity index is 362. The van der Waals surface area contributed by atoms with Crippen LogP contribution in [0.2, 0.25) is 0 Å². The number of aryl methyl sites for hydroxylation is 1. The lowest BCUT2D eigenvalue weighted by Crippen LogP contribution is -2.24. The molecule has 0 spiro atoms. The van der Waals surface area contributed by atoms with Crippen LogP contribution in [0.4, 0.5) is 5.69 Å².